The van der Waals surface area contributed by atoms with Crippen molar-refractivity contribution in [2.24, 2.45) is 0 Å². The minimum absolute atomic E-state index is 0.0186. The summed E-state index contributed by atoms with van der Waals surface area (Å²) in [5, 5.41) is 6.52. The highest BCUT2D eigenvalue weighted by atomic mass is 32.1. The molecule has 14 aromatic rings. The van der Waals surface area contributed by atoms with Gasteiger partial charge in [-0.1, -0.05) is 194 Å². The van der Waals surface area contributed by atoms with Crippen LogP contribution in [0.1, 0.15) is 6.85 Å². The smallest absolute Gasteiger partial charge is 0.165 e. The van der Waals surface area contributed by atoms with Crippen LogP contribution in [0, 0.1) is 0 Å². The van der Waals surface area contributed by atoms with Crippen LogP contribution in [0.3, 0.4) is 0 Å². The Kier molecular flexibility index (Phi) is 7.89. The van der Waals surface area contributed by atoms with Gasteiger partial charge in [0.05, 0.1) is 28.9 Å². The third kappa shape index (κ3) is 6.34. The van der Waals surface area contributed by atoms with E-state index >= 15 is 0 Å². The largest absolute Gasteiger partial charge is 0.307 e. The molecule has 5 nitrogen and oxygen atoms in total. The van der Waals surface area contributed by atoms with Crippen LogP contribution in [-0.4, -0.2) is 24.1 Å². The maximum Gasteiger partial charge on any atom is 0.165 e. The first kappa shape index (κ1) is 34.4. The summed E-state index contributed by atoms with van der Waals surface area (Å²) in [7, 11) is 0. The van der Waals surface area contributed by atoms with E-state index in [0.717, 1.165) is 97.4 Å². The zero-order valence-electron chi connectivity index (χ0n) is 41.8. The Morgan fingerprint density at radius 2 is 0.855 bits per heavy atom. The molecule has 4 heterocycles. The van der Waals surface area contributed by atoms with E-state index in [1.54, 1.807) is 11.3 Å². The number of fused-ring (bicyclic) bond motifs is 10. The lowest BCUT2D eigenvalue weighted by molar-refractivity contribution is 1.07. The first-order valence-electron chi connectivity index (χ1n) is 25.4. The zero-order valence-corrected chi connectivity index (χ0v) is 37.6. The first-order valence-corrected chi connectivity index (χ1v) is 23.7. The van der Waals surface area contributed by atoms with Crippen LogP contribution in [0.4, 0.5) is 0 Å². The predicted molar refractivity (Wildman–Crippen MR) is 289 cm³/mol. The monoisotopic (exact) mass is 902 g/mol. The molecule has 69 heavy (non-hydrogen) atoms. The average Bonchev–Trinajstić information content (AvgIpc) is 4.20. The predicted octanol–water partition coefficient (Wildman–Crippen LogP) is 16.8. The summed E-state index contributed by atoms with van der Waals surface area (Å²) in [5.41, 5.74) is 11.9. The second-order valence-corrected chi connectivity index (χ2v) is 18.2. The average molecular weight is 903 g/mol. The molecule has 6 heteroatoms. The summed E-state index contributed by atoms with van der Waals surface area (Å²) < 4.78 is 50.7. The second kappa shape index (κ2) is 15.8. The molecule has 0 saturated carbocycles. The van der Waals surface area contributed by atoms with E-state index in [9.17, 15) is 0 Å². The first-order chi connectivity index (χ1) is 36.3. The molecule has 0 radical (unpaired) electrons. The minimum atomic E-state index is -0.488. The van der Waals surface area contributed by atoms with Crippen LogP contribution >= 0.6 is 11.3 Å². The summed E-state index contributed by atoms with van der Waals surface area (Å²) in [4.78, 5) is 15.3. The molecule has 0 fully saturated rings. The maximum absolute atomic E-state index is 9.09. The molecule has 0 unspecified atom stereocenters. The summed E-state index contributed by atoms with van der Waals surface area (Å²) in [6.07, 6.45) is 0. The van der Waals surface area contributed by atoms with Gasteiger partial charge in [0.2, 0.25) is 0 Å². The minimum Gasteiger partial charge on any atom is -0.307 e. The Labute approximate surface area is 408 Å². The SMILES string of the molecule is [2H]c1c([2H])c([2H])c(-c2nc(-c3ccccc3)nc(-c3cc(-n4c5ccccc5c5ccc6c7ccccc7n(-c7ccccc7)c6c54)cc4c3sc3c(-c5cccc(-c6ccccc6)c5)cccc34)n2)c([2H])c1[2H]. The summed E-state index contributed by atoms with van der Waals surface area (Å²) >= 11 is 1.67. The topological polar surface area (TPSA) is 48.5 Å². The molecule has 4 aromatic heterocycles. The van der Waals surface area contributed by atoms with Gasteiger partial charge in [0.15, 0.2) is 17.5 Å². The summed E-state index contributed by atoms with van der Waals surface area (Å²) in [5.74, 6) is 0.590. The fourth-order valence-corrected chi connectivity index (χ4v) is 11.5. The lowest BCUT2D eigenvalue weighted by atomic mass is 9.97. The van der Waals surface area contributed by atoms with Gasteiger partial charge in [0.1, 0.15) is 0 Å². The Hall–Kier alpha value is -8.97. The molecule has 0 N–H and O–H groups in total. The van der Waals surface area contributed by atoms with Gasteiger partial charge in [-0.25, -0.2) is 15.0 Å². The normalized spacial score (nSPS) is 12.8. The number of hydrogen-bond acceptors (Lipinski definition) is 4. The van der Waals surface area contributed by atoms with Crippen molar-refractivity contribution < 1.29 is 6.85 Å². The van der Waals surface area contributed by atoms with E-state index in [4.69, 9.17) is 21.8 Å². The molecule has 0 aliphatic heterocycles. The molecule has 10 aromatic carbocycles. The lowest BCUT2D eigenvalue weighted by Crippen LogP contribution is -2.02. The van der Waals surface area contributed by atoms with Crippen molar-refractivity contribution in [1.29, 1.82) is 0 Å². The van der Waals surface area contributed by atoms with Gasteiger partial charge < -0.3 is 9.13 Å². The molecule has 322 valence electrons. The number of benzene rings is 10. The molecular weight excluding hydrogens is 859 g/mol. The zero-order chi connectivity index (χ0) is 49.8. The standard InChI is InChI=1S/C63H39N5S/c1-5-19-40(20-6-1)43-25-17-26-44(37-43)47-31-18-32-52-53-38-46(39-54(60(53)69-59(47)52)63-65-61(41-21-7-2-8-22-41)64-62(66-63)42-23-9-3-10-24-42)68-56-34-16-14-30-49(56)51-36-35-50-48-29-13-15-33-55(48)67(57(50)58(51)68)45-27-11-4-12-28-45/h1-39H/i2D,7D,8D,21D,22D. The van der Waals surface area contributed by atoms with Crippen molar-refractivity contribution >= 4 is 75.1 Å². The van der Waals surface area contributed by atoms with Gasteiger partial charge in [-0.2, -0.15) is 0 Å². The van der Waals surface area contributed by atoms with E-state index < -0.39 is 30.2 Å². The number of rotatable bonds is 7. The highest BCUT2D eigenvalue weighted by Crippen LogP contribution is 2.47. The fourth-order valence-electron chi connectivity index (χ4n) is 10.2. The molecule has 14 rings (SSSR count). The van der Waals surface area contributed by atoms with Crippen LogP contribution in [0.5, 0.6) is 0 Å². The third-order valence-electron chi connectivity index (χ3n) is 13.2. The van der Waals surface area contributed by atoms with Crippen molar-refractivity contribution in [2.75, 3.05) is 0 Å². The van der Waals surface area contributed by atoms with Gasteiger partial charge in [-0.3, -0.25) is 0 Å². The Morgan fingerprint density at radius 3 is 1.55 bits per heavy atom. The number of para-hydroxylation sites is 3. The molecular formula is C63H39N5S. The molecule has 0 atom stereocenters. The van der Waals surface area contributed by atoms with Crippen LogP contribution in [-0.2, 0) is 0 Å². The van der Waals surface area contributed by atoms with Gasteiger partial charge >= 0.3 is 0 Å². The molecule has 0 saturated heterocycles. The van der Waals surface area contributed by atoms with Crippen molar-refractivity contribution in [3.05, 3.63) is 236 Å². The maximum atomic E-state index is 9.09. The van der Waals surface area contributed by atoms with E-state index in [1.807, 2.05) is 42.5 Å². The highest BCUT2D eigenvalue weighted by molar-refractivity contribution is 7.26. The van der Waals surface area contributed by atoms with Gasteiger partial charge in [-0.15, -0.1) is 11.3 Å². The summed E-state index contributed by atoms with van der Waals surface area (Å²) in [6.45, 7) is 0. The summed E-state index contributed by atoms with van der Waals surface area (Å²) in [6, 6.07) is 69.5. The van der Waals surface area contributed by atoms with E-state index in [2.05, 4.69) is 173 Å². The molecule has 0 amide bonds. The number of aromatic nitrogens is 5. The van der Waals surface area contributed by atoms with Gasteiger partial charge in [0.25, 0.3) is 0 Å². The second-order valence-electron chi connectivity index (χ2n) is 17.2. The lowest BCUT2D eigenvalue weighted by Gasteiger charge is -2.15. The number of thiophene rings is 1. The van der Waals surface area contributed by atoms with E-state index in [1.165, 1.54) is 0 Å². The highest BCUT2D eigenvalue weighted by Gasteiger charge is 2.25. The number of nitrogens with zero attached hydrogens (tertiary/aromatic N) is 5. The molecule has 0 bridgehead atoms. The van der Waals surface area contributed by atoms with E-state index in [0.29, 0.717) is 22.8 Å². The van der Waals surface area contributed by atoms with Crippen molar-refractivity contribution in [3.8, 4) is 67.8 Å². The third-order valence-corrected chi connectivity index (χ3v) is 14.5. The van der Waals surface area contributed by atoms with E-state index in [-0.39, 0.29) is 11.4 Å². The van der Waals surface area contributed by atoms with Crippen LogP contribution < -0.4 is 0 Å². The van der Waals surface area contributed by atoms with Gasteiger partial charge in [-0.05, 0) is 64.7 Å². The van der Waals surface area contributed by atoms with Crippen LogP contribution in [0.15, 0.2) is 236 Å². The molecule has 0 aliphatic rings. The fraction of sp³-hybridized carbons (Fsp3) is 0. The number of hydrogen-bond donors (Lipinski definition) is 0. The Bertz CT molecular complexity index is 4580. The van der Waals surface area contributed by atoms with Crippen LogP contribution in [0.25, 0.3) is 132 Å². The van der Waals surface area contributed by atoms with Gasteiger partial charge in [0, 0.05) is 69.8 Å². The molecule has 0 aliphatic carbocycles. The Balaban J connectivity index is 1.13. The molecule has 0 spiro atoms. The van der Waals surface area contributed by atoms with Crippen LogP contribution in [0.2, 0.25) is 0 Å². The quantitative estimate of drug-likeness (QED) is 0.160. The Morgan fingerprint density at radius 1 is 0.333 bits per heavy atom. The van der Waals surface area contributed by atoms with Crippen molar-refractivity contribution in [1.82, 2.24) is 24.1 Å². The van der Waals surface area contributed by atoms with Crippen molar-refractivity contribution in [2.45, 2.75) is 0 Å². The van der Waals surface area contributed by atoms with Crippen molar-refractivity contribution in [3.63, 3.8) is 0 Å².